The summed E-state index contributed by atoms with van der Waals surface area (Å²) in [6, 6.07) is 6.36. The first kappa shape index (κ1) is 9.53. The summed E-state index contributed by atoms with van der Waals surface area (Å²) in [5.74, 6) is 0. The first-order chi connectivity index (χ1) is 6.75. The van der Waals surface area contributed by atoms with Crippen LogP contribution in [0.5, 0.6) is 0 Å². The van der Waals surface area contributed by atoms with Crippen LogP contribution in [0.2, 0.25) is 0 Å². The molecule has 0 aliphatic carbocycles. The smallest absolute Gasteiger partial charge is 0.0362 e. The number of nitrogens with zero attached hydrogens (tertiary/aromatic N) is 1. The van der Waals surface area contributed by atoms with Crippen molar-refractivity contribution in [2.24, 2.45) is 0 Å². The van der Waals surface area contributed by atoms with Gasteiger partial charge in [0.1, 0.15) is 0 Å². The topological polar surface area (TPSA) is 29.3 Å². The molecular weight excluding hydrogens is 172 g/mol. The van der Waals surface area contributed by atoms with E-state index >= 15 is 0 Å². The summed E-state index contributed by atoms with van der Waals surface area (Å²) in [6.45, 7) is 5.56. The van der Waals surface area contributed by atoms with Crippen LogP contribution < -0.4 is 5.73 Å². The number of likely N-dealkylation sites (tertiary alicyclic amines) is 1. The van der Waals surface area contributed by atoms with Crippen LogP contribution in [0.1, 0.15) is 24.0 Å². The van der Waals surface area contributed by atoms with Gasteiger partial charge in [0, 0.05) is 12.2 Å². The first-order valence-electron chi connectivity index (χ1n) is 5.33. The van der Waals surface area contributed by atoms with Gasteiger partial charge < -0.3 is 5.73 Å². The van der Waals surface area contributed by atoms with Crippen molar-refractivity contribution in [2.75, 3.05) is 18.8 Å². The summed E-state index contributed by atoms with van der Waals surface area (Å²) in [7, 11) is 0. The summed E-state index contributed by atoms with van der Waals surface area (Å²) in [5, 5.41) is 0. The van der Waals surface area contributed by atoms with E-state index in [1.54, 1.807) is 0 Å². The Balaban J connectivity index is 2.08. The third-order valence-electron chi connectivity index (χ3n) is 2.89. The Morgan fingerprint density at radius 1 is 1.29 bits per heavy atom. The molecule has 2 N–H and O–H groups in total. The molecule has 76 valence electrons. The van der Waals surface area contributed by atoms with Gasteiger partial charge in [-0.3, -0.25) is 4.90 Å². The molecule has 1 aromatic rings. The molecule has 1 saturated heterocycles. The van der Waals surface area contributed by atoms with Crippen LogP contribution in [0.15, 0.2) is 18.2 Å². The van der Waals surface area contributed by atoms with Crippen molar-refractivity contribution in [2.45, 2.75) is 26.3 Å². The van der Waals surface area contributed by atoms with E-state index < -0.39 is 0 Å². The van der Waals surface area contributed by atoms with E-state index in [0.29, 0.717) is 0 Å². The van der Waals surface area contributed by atoms with Crippen LogP contribution in [0.3, 0.4) is 0 Å². The van der Waals surface area contributed by atoms with Crippen LogP contribution in [-0.2, 0) is 6.54 Å². The molecule has 0 unspecified atom stereocenters. The van der Waals surface area contributed by atoms with Crippen molar-refractivity contribution in [3.63, 3.8) is 0 Å². The average molecular weight is 190 g/mol. The maximum Gasteiger partial charge on any atom is 0.0362 e. The first-order valence-corrected chi connectivity index (χ1v) is 5.33. The molecule has 0 spiro atoms. The van der Waals surface area contributed by atoms with Gasteiger partial charge in [0.2, 0.25) is 0 Å². The highest BCUT2D eigenvalue weighted by Gasteiger charge is 2.12. The molecule has 2 nitrogen and oxygen atoms in total. The molecule has 2 rings (SSSR count). The van der Waals surface area contributed by atoms with Crippen molar-refractivity contribution < 1.29 is 0 Å². The van der Waals surface area contributed by atoms with Gasteiger partial charge >= 0.3 is 0 Å². The fourth-order valence-electron chi connectivity index (χ4n) is 2.04. The van der Waals surface area contributed by atoms with Gasteiger partial charge in [-0.05, 0) is 50.0 Å². The Morgan fingerprint density at radius 3 is 2.64 bits per heavy atom. The fourth-order valence-corrected chi connectivity index (χ4v) is 2.04. The van der Waals surface area contributed by atoms with Gasteiger partial charge in [0.25, 0.3) is 0 Å². The van der Waals surface area contributed by atoms with Gasteiger partial charge in [-0.2, -0.15) is 0 Å². The lowest BCUT2D eigenvalue weighted by Crippen LogP contribution is -2.19. The van der Waals surface area contributed by atoms with Crippen LogP contribution >= 0.6 is 0 Å². The lowest BCUT2D eigenvalue weighted by atomic mass is 10.1. The third kappa shape index (κ3) is 2.07. The molecule has 0 aromatic heterocycles. The minimum atomic E-state index is 0.942. The van der Waals surface area contributed by atoms with Gasteiger partial charge in [0.05, 0.1) is 0 Å². The zero-order chi connectivity index (χ0) is 9.97. The lowest BCUT2D eigenvalue weighted by molar-refractivity contribution is 0.332. The standard InChI is InChI=1S/C12H18N2/c1-10-4-5-11(12(13)8-10)9-14-6-2-3-7-14/h4-5,8H,2-3,6-7,9,13H2,1H3. The van der Waals surface area contributed by atoms with Gasteiger partial charge in [0.15, 0.2) is 0 Å². The molecule has 0 saturated carbocycles. The highest BCUT2D eigenvalue weighted by atomic mass is 15.1. The molecule has 0 atom stereocenters. The molecular formula is C12H18N2. The second kappa shape index (κ2) is 4.01. The maximum atomic E-state index is 5.97. The van der Waals surface area contributed by atoms with E-state index in [1.165, 1.54) is 37.1 Å². The van der Waals surface area contributed by atoms with Crippen molar-refractivity contribution in [1.82, 2.24) is 4.90 Å². The van der Waals surface area contributed by atoms with Crippen LogP contribution in [-0.4, -0.2) is 18.0 Å². The van der Waals surface area contributed by atoms with Crippen molar-refractivity contribution in [1.29, 1.82) is 0 Å². The number of benzene rings is 1. The second-order valence-corrected chi connectivity index (χ2v) is 4.19. The minimum Gasteiger partial charge on any atom is -0.398 e. The second-order valence-electron chi connectivity index (χ2n) is 4.19. The molecule has 2 heteroatoms. The molecule has 14 heavy (non-hydrogen) atoms. The fraction of sp³-hybridized carbons (Fsp3) is 0.500. The lowest BCUT2D eigenvalue weighted by Gasteiger charge is -2.16. The maximum absolute atomic E-state index is 5.97. The molecule has 1 heterocycles. The SMILES string of the molecule is Cc1ccc(CN2CCCC2)c(N)c1. The molecule has 0 radical (unpaired) electrons. The van der Waals surface area contributed by atoms with Gasteiger partial charge in [-0.25, -0.2) is 0 Å². The normalized spacial score (nSPS) is 17.5. The Labute approximate surface area is 85.7 Å². The predicted molar refractivity (Wildman–Crippen MR) is 60.1 cm³/mol. The van der Waals surface area contributed by atoms with Gasteiger partial charge in [-0.1, -0.05) is 12.1 Å². The van der Waals surface area contributed by atoms with E-state index in [-0.39, 0.29) is 0 Å². The highest BCUT2D eigenvalue weighted by Crippen LogP contribution is 2.18. The molecule has 1 fully saturated rings. The van der Waals surface area contributed by atoms with E-state index in [4.69, 9.17) is 5.73 Å². The quantitative estimate of drug-likeness (QED) is 0.724. The van der Waals surface area contributed by atoms with E-state index in [0.717, 1.165) is 12.2 Å². The monoisotopic (exact) mass is 190 g/mol. The number of aryl methyl sites for hydroxylation is 1. The third-order valence-corrected chi connectivity index (χ3v) is 2.89. The summed E-state index contributed by atoms with van der Waals surface area (Å²) >= 11 is 0. The Bertz CT molecular complexity index is 314. The minimum absolute atomic E-state index is 0.942. The number of nitrogens with two attached hydrogens (primary N) is 1. The van der Waals surface area contributed by atoms with Crippen molar-refractivity contribution >= 4 is 5.69 Å². The van der Waals surface area contributed by atoms with Gasteiger partial charge in [-0.15, -0.1) is 0 Å². The zero-order valence-electron chi connectivity index (χ0n) is 8.79. The van der Waals surface area contributed by atoms with E-state index in [2.05, 4.69) is 30.0 Å². The largest absolute Gasteiger partial charge is 0.398 e. The summed E-state index contributed by atoms with van der Waals surface area (Å²) in [6.07, 6.45) is 2.68. The number of hydrogen-bond acceptors (Lipinski definition) is 2. The summed E-state index contributed by atoms with van der Waals surface area (Å²) in [5.41, 5.74) is 9.43. The molecule has 1 aliphatic rings. The number of nitrogen functional groups attached to an aromatic ring is 1. The highest BCUT2D eigenvalue weighted by molar-refractivity contribution is 5.48. The summed E-state index contributed by atoms with van der Waals surface area (Å²) < 4.78 is 0. The molecule has 1 aromatic carbocycles. The Hall–Kier alpha value is -1.02. The van der Waals surface area contributed by atoms with Crippen molar-refractivity contribution in [3.8, 4) is 0 Å². The average Bonchev–Trinajstić information content (AvgIpc) is 2.62. The Kier molecular flexibility index (Phi) is 2.73. The van der Waals surface area contributed by atoms with Crippen LogP contribution in [0.25, 0.3) is 0 Å². The van der Waals surface area contributed by atoms with Crippen LogP contribution in [0, 0.1) is 6.92 Å². The van der Waals surface area contributed by atoms with E-state index in [9.17, 15) is 0 Å². The predicted octanol–water partition coefficient (Wildman–Crippen LogP) is 2.17. The molecule has 1 aliphatic heterocycles. The number of rotatable bonds is 2. The number of hydrogen-bond donors (Lipinski definition) is 1. The van der Waals surface area contributed by atoms with E-state index in [1.807, 2.05) is 0 Å². The Morgan fingerprint density at radius 2 is 2.00 bits per heavy atom. The molecule has 0 bridgehead atoms. The zero-order valence-corrected chi connectivity index (χ0v) is 8.79. The summed E-state index contributed by atoms with van der Waals surface area (Å²) in [4.78, 5) is 2.47. The van der Waals surface area contributed by atoms with Crippen LogP contribution in [0.4, 0.5) is 5.69 Å². The van der Waals surface area contributed by atoms with Crippen molar-refractivity contribution in [3.05, 3.63) is 29.3 Å². The molecule has 0 amide bonds. The number of anilines is 1.